The highest BCUT2D eigenvalue weighted by Crippen LogP contribution is 2.15. The number of hydrogen-bond acceptors (Lipinski definition) is 6. The highest BCUT2D eigenvalue weighted by molar-refractivity contribution is 6.27. The molecule has 0 aliphatic rings. The highest BCUT2D eigenvalue weighted by Gasteiger charge is 2.09. The Morgan fingerprint density at radius 3 is 2.15 bits per heavy atom. The van der Waals surface area contributed by atoms with Gasteiger partial charge >= 0.3 is 11.9 Å². The second-order valence-corrected chi connectivity index (χ2v) is 5.20. The number of rotatable bonds is 6. The van der Waals surface area contributed by atoms with Gasteiger partial charge in [0, 0.05) is 37.6 Å². The van der Waals surface area contributed by atoms with Crippen molar-refractivity contribution in [2.45, 2.75) is 20.0 Å². The first kappa shape index (κ1) is 20.7. The maximum Gasteiger partial charge on any atom is 0.414 e. The maximum absolute atomic E-state index is 10.8. The van der Waals surface area contributed by atoms with Crippen LogP contribution < -0.4 is 0 Å². The molecule has 0 radical (unpaired) electrons. The monoisotopic (exact) mass is 361 g/mol. The molecule has 0 bridgehead atoms. The van der Waals surface area contributed by atoms with Crippen LogP contribution in [0.5, 0.6) is 0 Å². The summed E-state index contributed by atoms with van der Waals surface area (Å²) in [5.74, 6) is -3.65. The van der Waals surface area contributed by atoms with Crippen LogP contribution in [-0.4, -0.2) is 43.5 Å². The molecule has 0 unspecified atom stereocenters. The molecule has 1 aromatic heterocycles. The van der Waals surface area contributed by atoms with Gasteiger partial charge < -0.3 is 10.2 Å². The summed E-state index contributed by atoms with van der Waals surface area (Å²) in [5.41, 5.74) is 2.28. The normalized spacial score (nSPS) is 9.92. The van der Waals surface area contributed by atoms with Crippen molar-refractivity contribution in [1.82, 2.24) is 9.88 Å². The molecule has 0 fully saturated rings. The van der Waals surface area contributed by atoms with Gasteiger partial charge in [0.25, 0.3) is 5.69 Å². The molecule has 0 aliphatic carbocycles. The summed E-state index contributed by atoms with van der Waals surface area (Å²) in [7, 11) is 0. The quantitative estimate of drug-likeness (QED) is 0.454. The third-order valence-electron chi connectivity index (χ3n) is 3.31. The Bertz CT molecular complexity index is 739. The Morgan fingerprint density at radius 1 is 1.08 bits per heavy atom. The number of aromatic nitrogens is 1. The molecule has 26 heavy (non-hydrogen) atoms. The van der Waals surface area contributed by atoms with Crippen molar-refractivity contribution in [2.75, 3.05) is 6.54 Å². The first-order valence-corrected chi connectivity index (χ1v) is 7.64. The third-order valence-corrected chi connectivity index (χ3v) is 3.31. The van der Waals surface area contributed by atoms with Gasteiger partial charge in [-0.05, 0) is 29.8 Å². The van der Waals surface area contributed by atoms with Crippen LogP contribution >= 0.6 is 0 Å². The number of aliphatic carboxylic acids is 2. The van der Waals surface area contributed by atoms with Crippen molar-refractivity contribution >= 4 is 17.6 Å². The molecule has 9 heteroatoms. The number of benzene rings is 1. The number of hydrogen-bond donors (Lipinski definition) is 2. The Hall–Kier alpha value is -3.33. The average molecular weight is 361 g/mol. The number of carboxylic acid groups (broad SMARTS) is 2. The average Bonchev–Trinajstić information content (AvgIpc) is 2.62. The lowest BCUT2D eigenvalue weighted by molar-refractivity contribution is -0.384. The second-order valence-electron chi connectivity index (χ2n) is 5.20. The van der Waals surface area contributed by atoms with E-state index in [1.807, 2.05) is 18.2 Å². The number of nitro groups is 1. The predicted octanol–water partition coefficient (Wildman–Crippen LogP) is 2.17. The first-order chi connectivity index (χ1) is 12.3. The van der Waals surface area contributed by atoms with E-state index in [2.05, 4.69) is 16.8 Å². The zero-order valence-corrected chi connectivity index (χ0v) is 14.1. The topological polar surface area (TPSA) is 134 Å². The molecule has 1 aromatic carbocycles. The van der Waals surface area contributed by atoms with Crippen molar-refractivity contribution in [3.8, 4) is 0 Å². The molecule has 138 valence electrons. The molecule has 2 rings (SSSR count). The van der Waals surface area contributed by atoms with E-state index >= 15 is 0 Å². The van der Waals surface area contributed by atoms with Gasteiger partial charge in [-0.1, -0.05) is 19.1 Å². The minimum absolute atomic E-state index is 0.141. The van der Waals surface area contributed by atoms with E-state index < -0.39 is 11.9 Å². The summed E-state index contributed by atoms with van der Waals surface area (Å²) in [4.78, 5) is 34.9. The SMILES string of the molecule is CCN(Cc1ccncc1)Cc1cccc([N+](=O)[O-])c1.O=C(O)C(=O)O. The molecule has 1 heterocycles. The molecule has 0 aliphatic heterocycles. The van der Waals surface area contributed by atoms with Crippen LogP contribution in [0.25, 0.3) is 0 Å². The number of carbonyl (C=O) groups is 2. The van der Waals surface area contributed by atoms with E-state index in [9.17, 15) is 10.1 Å². The van der Waals surface area contributed by atoms with Crippen LogP contribution in [0.4, 0.5) is 5.69 Å². The lowest BCUT2D eigenvalue weighted by atomic mass is 10.1. The molecule has 2 N–H and O–H groups in total. The molecule has 0 amide bonds. The van der Waals surface area contributed by atoms with Crippen molar-refractivity contribution < 1.29 is 24.7 Å². The van der Waals surface area contributed by atoms with E-state index in [1.165, 1.54) is 11.6 Å². The molecule has 0 saturated carbocycles. The van der Waals surface area contributed by atoms with Gasteiger partial charge in [0.05, 0.1) is 4.92 Å². The summed E-state index contributed by atoms with van der Waals surface area (Å²) in [5, 5.41) is 25.6. The smallest absolute Gasteiger partial charge is 0.414 e. The van der Waals surface area contributed by atoms with Crippen molar-refractivity contribution in [2.24, 2.45) is 0 Å². The summed E-state index contributed by atoms with van der Waals surface area (Å²) >= 11 is 0. The van der Waals surface area contributed by atoms with Crippen LogP contribution in [-0.2, 0) is 22.7 Å². The number of pyridine rings is 1. The predicted molar refractivity (Wildman–Crippen MR) is 92.4 cm³/mol. The third kappa shape index (κ3) is 7.49. The van der Waals surface area contributed by atoms with E-state index in [1.54, 1.807) is 24.5 Å². The number of non-ortho nitro benzene ring substituents is 1. The zero-order valence-electron chi connectivity index (χ0n) is 14.1. The lowest BCUT2D eigenvalue weighted by Crippen LogP contribution is -2.22. The van der Waals surface area contributed by atoms with Crippen LogP contribution in [0.2, 0.25) is 0 Å². The van der Waals surface area contributed by atoms with Crippen LogP contribution in [0.15, 0.2) is 48.8 Å². The minimum atomic E-state index is -1.82. The number of carboxylic acids is 2. The number of nitro benzene ring substituents is 1. The van der Waals surface area contributed by atoms with Crippen LogP contribution in [0.3, 0.4) is 0 Å². The molecular formula is C17H19N3O6. The molecule has 0 saturated heterocycles. The van der Waals surface area contributed by atoms with Gasteiger partial charge in [0.2, 0.25) is 0 Å². The number of nitrogens with zero attached hydrogens (tertiary/aromatic N) is 3. The Kier molecular flexibility index (Phi) is 8.38. The fraction of sp³-hybridized carbons (Fsp3) is 0.235. The van der Waals surface area contributed by atoms with Crippen molar-refractivity contribution in [1.29, 1.82) is 0 Å². The highest BCUT2D eigenvalue weighted by atomic mass is 16.6. The van der Waals surface area contributed by atoms with E-state index in [0.717, 1.165) is 18.7 Å². The molecule has 0 atom stereocenters. The van der Waals surface area contributed by atoms with Crippen LogP contribution in [0, 0.1) is 10.1 Å². The lowest BCUT2D eigenvalue weighted by Gasteiger charge is -2.20. The summed E-state index contributed by atoms with van der Waals surface area (Å²) < 4.78 is 0. The van der Waals surface area contributed by atoms with Crippen LogP contribution in [0.1, 0.15) is 18.1 Å². The zero-order chi connectivity index (χ0) is 19.5. The van der Waals surface area contributed by atoms with E-state index in [-0.39, 0.29) is 10.6 Å². The molecule has 9 nitrogen and oxygen atoms in total. The Labute approximate surface area is 149 Å². The van der Waals surface area contributed by atoms with Gasteiger partial charge in [0.15, 0.2) is 0 Å². The largest absolute Gasteiger partial charge is 0.473 e. The van der Waals surface area contributed by atoms with E-state index in [0.29, 0.717) is 6.54 Å². The fourth-order valence-corrected chi connectivity index (χ4v) is 2.05. The van der Waals surface area contributed by atoms with Gasteiger partial charge in [-0.15, -0.1) is 0 Å². The van der Waals surface area contributed by atoms with Crippen molar-refractivity contribution in [3.63, 3.8) is 0 Å². The second kappa shape index (κ2) is 10.5. The minimum Gasteiger partial charge on any atom is -0.473 e. The van der Waals surface area contributed by atoms with Gasteiger partial charge in [-0.3, -0.25) is 20.0 Å². The summed E-state index contributed by atoms with van der Waals surface area (Å²) in [6, 6.07) is 10.8. The van der Waals surface area contributed by atoms with E-state index in [4.69, 9.17) is 19.8 Å². The summed E-state index contributed by atoms with van der Waals surface area (Å²) in [6.45, 7) is 4.46. The van der Waals surface area contributed by atoms with Crippen molar-refractivity contribution in [3.05, 3.63) is 70.0 Å². The first-order valence-electron chi connectivity index (χ1n) is 7.64. The van der Waals surface area contributed by atoms with Gasteiger partial charge in [-0.25, -0.2) is 9.59 Å². The Morgan fingerprint density at radius 2 is 1.65 bits per heavy atom. The maximum atomic E-state index is 10.8. The molecule has 0 spiro atoms. The van der Waals surface area contributed by atoms with Gasteiger partial charge in [0.1, 0.15) is 0 Å². The summed E-state index contributed by atoms with van der Waals surface area (Å²) in [6.07, 6.45) is 3.55. The molecular weight excluding hydrogens is 342 g/mol. The van der Waals surface area contributed by atoms with Gasteiger partial charge in [-0.2, -0.15) is 0 Å². The standard InChI is InChI=1S/C15H17N3O2.C2H2O4/c1-2-17(11-13-6-8-16-9-7-13)12-14-4-3-5-15(10-14)18(19)20;3-1(4)2(5)6/h3-10H,2,11-12H2,1H3;(H,3,4)(H,5,6). The fourth-order valence-electron chi connectivity index (χ4n) is 2.05. The Balaban J connectivity index is 0.000000487. The molecule has 2 aromatic rings.